The Morgan fingerprint density at radius 3 is 2.42 bits per heavy atom. The van der Waals surface area contributed by atoms with Crippen molar-refractivity contribution in [3.05, 3.63) is 28.2 Å². The van der Waals surface area contributed by atoms with Crippen LogP contribution < -0.4 is 5.32 Å². The average Bonchev–Trinajstić information content (AvgIpc) is 2.35. The number of carbonyl (C=O) groups excluding carboxylic acids is 2. The van der Waals surface area contributed by atoms with Crippen LogP contribution in [0.3, 0.4) is 0 Å². The van der Waals surface area contributed by atoms with Gasteiger partial charge < -0.3 is 10.2 Å². The number of amides is 2. The fourth-order valence-corrected chi connectivity index (χ4v) is 1.95. The number of halogens is 2. The second kappa shape index (κ2) is 7.36. The van der Waals surface area contributed by atoms with E-state index in [0.29, 0.717) is 28.8 Å². The second-order valence-corrected chi connectivity index (χ2v) is 4.76. The quantitative estimate of drug-likeness (QED) is 0.849. The van der Waals surface area contributed by atoms with Gasteiger partial charge in [0.25, 0.3) is 0 Å². The van der Waals surface area contributed by atoms with Gasteiger partial charge in [-0.2, -0.15) is 0 Å². The lowest BCUT2D eigenvalue weighted by Crippen LogP contribution is -2.33. The summed E-state index contributed by atoms with van der Waals surface area (Å²) in [5, 5.41) is 3.43. The normalized spacial score (nSPS) is 10.1. The predicted octanol–water partition coefficient (Wildman–Crippen LogP) is 3.19. The minimum absolute atomic E-state index is 0.204. The van der Waals surface area contributed by atoms with Gasteiger partial charge in [0.05, 0.1) is 10.7 Å². The Morgan fingerprint density at radius 2 is 1.84 bits per heavy atom. The Morgan fingerprint density at radius 1 is 1.21 bits per heavy atom. The van der Waals surface area contributed by atoms with Gasteiger partial charge in [-0.25, -0.2) is 0 Å². The van der Waals surface area contributed by atoms with Gasteiger partial charge in [-0.1, -0.05) is 23.2 Å². The molecule has 0 unspecified atom stereocenters. The van der Waals surface area contributed by atoms with Gasteiger partial charge >= 0.3 is 0 Å². The predicted molar refractivity (Wildman–Crippen MR) is 77.6 cm³/mol. The minimum atomic E-state index is -0.402. The summed E-state index contributed by atoms with van der Waals surface area (Å²) >= 11 is 11.7. The van der Waals surface area contributed by atoms with E-state index < -0.39 is 5.91 Å². The molecule has 0 fully saturated rings. The highest BCUT2D eigenvalue weighted by Gasteiger charge is 2.15. The average molecular weight is 303 g/mol. The number of benzene rings is 1. The van der Waals surface area contributed by atoms with Crippen molar-refractivity contribution in [2.75, 3.05) is 18.4 Å². The van der Waals surface area contributed by atoms with Crippen LogP contribution in [-0.2, 0) is 9.59 Å². The molecule has 19 heavy (non-hydrogen) atoms. The Labute approximate surface area is 122 Å². The molecule has 1 rings (SSSR count). The van der Waals surface area contributed by atoms with Crippen molar-refractivity contribution in [3.8, 4) is 0 Å². The summed E-state index contributed by atoms with van der Waals surface area (Å²) in [5.41, 5.74) is 0.409. The molecule has 6 heteroatoms. The third kappa shape index (κ3) is 4.73. The van der Waals surface area contributed by atoms with Crippen LogP contribution in [-0.4, -0.2) is 29.8 Å². The first-order valence-corrected chi connectivity index (χ1v) is 6.76. The monoisotopic (exact) mass is 302 g/mol. The first-order valence-electron chi connectivity index (χ1n) is 6.00. The molecule has 1 aromatic carbocycles. The Balaban J connectivity index is 2.65. The summed E-state index contributed by atoms with van der Waals surface area (Å²) in [4.78, 5) is 25.1. The van der Waals surface area contributed by atoms with Gasteiger partial charge in [0, 0.05) is 18.1 Å². The van der Waals surface area contributed by atoms with Gasteiger partial charge in [0.15, 0.2) is 0 Å². The summed E-state index contributed by atoms with van der Waals surface area (Å²) in [6.45, 7) is 4.90. The highest BCUT2D eigenvalue weighted by molar-refractivity contribution is 6.35. The van der Waals surface area contributed by atoms with Crippen LogP contribution in [0.1, 0.15) is 20.3 Å². The van der Waals surface area contributed by atoms with E-state index >= 15 is 0 Å². The molecule has 1 N–H and O–H groups in total. The zero-order chi connectivity index (χ0) is 14.4. The zero-order valence-corrected chi connectivity index (χ0v) is 12.4. The molecule has 0 aliphatic rings. The SMILES string of the molecule is CCN(CC)C(=O)CC(=O)Nc1cc(Cl)ccc1Cl. The van der Waals surface area contributed by atoms with Crippen LogP contribution in [0.4, 0.5) is 5.69 Å². The third-order valence-electron chi connectivity index (χ3n) is 2.63. The second-order valence-electron chi connectivity index (χ2n) is 3.92. The molecule has 0 saturated carbocycles. The van der Waals surface area contributed by atoms with Crippen molar-refractivity contribution >= 4 is 40.7 Å². The molecule has 1 aromatic rings. The third-order valence-corrected chi connectivity index (χ3v) is 3.20. The highest BCUT2D eigenvalue weighted by Crippen LogP contribution is 2.25. The molecule has 0 radical (unpaired) electrons. The number of hydrogen-bond donors (Lipinski definition) is 1. The van der Waals surface area contributed by atoms with E-state index in [1.807, 2.05) is 13.8 Å². The maximum atomic E-state index is 11.8. The number of nitrogens with zero attached hydrogens (tertiary/aromatic N) is 1. The lowest BCUT2D eigenvalue weighted by atomic mass is 10.3. The Hall–Kier alpha value is -1.26. The molecule has 0 bridgehead atoms. The largest absolute Gasteiger partial charge is 0.343 e. The Bertz CT molecular complexity index is 474. The minimum Gasteiger partial charge on any atom is -0.343 e. The van der Waals surface area contributed by atoms with Crippen molar-refractivity contribution in [2.24, 2.45) is 0 Å². The summed E-state index contributed by atoms with van der Waals surface area (Å²) in [6.07, 6.45) is -0.204. The summed E-state index contributed by atoms with van der Waals surface area (Å²) in [7, 11) is 0. The van der Waals surface area contributed by atoms with E-state index in [9.17, 15) is 9.59 Å². The van der Waals surface area contributed by atoms with Crippen LogP contribution in [0.5, 0.6) is 0 Å². The smallest absolute Gasteiger partial charge is 0.233 e. The number of carbonyl (C=O) groups is 2. The van der Waals surface area contributed by atoms with Crippen LogP contribution in [0, 0.1) is 0 Å². The van der Waals surface area contributed by atoms with E-state index in [0.717, 1.165) is 0 Å². The lowest BCUT2D eigenvalue weighted by molar-refractivity contribution is -0.134. The topological polar surface area (TPSA) is 49.4 Å². The molecule has 104 valence electrons. The van der Waals surface area contributed by atoms with Crippen LogP contribution >= 0.6 is 23.2 Å². The maximum absolute atomic E-state index is 11.8. The molecule has 0 atom stereocenters. The van der Waals surface area contributed by atoms with Crippen molar-refractivity contribution in [3.63, 3.8) is 0 Å². The Kier molecular flexibility index (Phi) is 6.12. The summed E-state index contributed by atoms with van der Waals surface area (Å²) in [6, 6.07) is 4.76. The van der Waals surface area contributed by atoms with Crippen molar-refractivity contribution in [1.29, 1.82) is 0 Å². The summed E-state index contributed by atoms with van der Waals surface area (Å²) in [5.74, 6) is -0.610. The van der Waals surface area contributed by atoms with Crippen LogP contribution in [0.25, 0.3) is 0 Å². The number of anilines is 1. The van der Waals surface area contributed by atoms with Crippen LogP contribution in [0.15, 0.2) is 18.2 Å². The van der Waals surface area contributed by atoms with E-state index in [2.05, 4.69) is 5.32 Å². The number of rotatable bonds is 5. The van der Waals surface area contributed by atoms with E-state index in [1.54, 1.807) is 23.1 Å². The van der Waals surface area contributed by atoms with Gasteiger partial charge in [-0.15, -0.1) is 0 Å². The number of hydrogen-bond acceptors (Lipinski definition) is 2. The molecule has 0 aromatic heterocycles. The van der Waals surface area contributed by atoms with Crippen LogP contribution in [0.2, 0.25) is 10.0 Å². The number of nitrogens with one attached hydrogen (secondary N) is 1. The zero-order valence-electron chi connectivity index (χ0n) is 10.9. The molecule has 0 saturated heterocycles. The fourth-order valence-electron chi connectivity index (χ4n) is 1.61. The first kappa shape index (κ1) is 15.8. The molecule has 0 aliphatic carbocycles. The van der Waals surface area contributed by atoms with Crippen molar-refractivity contribution in [1.82, 2.24) is 4.90 Å². The standard InChI is InChI=1S/C13H16Cl2N2O2/c1-3-17(4-2)13(19)8-12(18)16-11-7-9(14)5-6-10(11)15/h5-7H,3-4,8H2,1-2H3,(H,16,18). The molecular weight excluding hydrogens is 287 g/mol. The van der Waals surface area contributed by atoms with Gasteiger partial charge in [-0.3, -0.25) is 9.59 Å². The van der Waals surface area contributed by atoms with Gasteiger partial charge in [0.1, 0.15) is 6.42 Å². The van der Waals surface area contributed by atoms with E-state index in [1.165, 1.54) is 0 Å². The fraction of sp³-hybridized carbons (Fsp3) is 0.385. The van der Waals surface area contributed by atoms with Crippen molar-refractivity contribution < 1.29 is 9.59 Å². The van der Waals surface area contributed by atoms with E-state index in [-0.39, 0.29) is 12.3 Å². The highest BCUT2D eigenvalue weighted by atomic mass is 35.5. The van der Waals surface area contributed by atoms with Gasteiger partial charge in [0.2, 0.25) is 11.8 Å². The summed E-state index contributed by atoms with van der Waals surface area (Å²) < 4.78 is 0. The molecule has 2 amide bonds. The first-order chi connectivity index (χ1) is 8.97. The molecule has 4 nitrogen and oxygen atoms in total. The van der Waals surface area contributed by atoms with Crippen molar-refractivity contribution in [2.45, 2.75) is 20.3 Å². The molecular formula is C13H16Cl2N2O2. The van der Waals surface area contributed by atoms with Gasteiger partial charge in [-0.05, 0) is 32.0 Å². The lowest BCUT2D eigenvalue weighted by Gasteiger charge is -2.18. The maximum Gasteiger partial charge on any atom is 0.233 e. The molecule has 0 heterocycles. The molecule has 0 spiro atoms. The molecule has 0 aliphatic heterocycles. The van der Waals surface area contributed by atoms with E-state index in [4.69, 9.17) is 23.2 Å².